The zero-order chi connectivity index (χ0) is 18.4. The molecule has 1 aromatic rings. The van der Waals surface area contributed by atoms with E-state index in [2.05, 4.69) is 13.8 Å². The monoisotopic (exact) mass is 362 g/mol. The van der Waals surface area contributed by atoms with Gasteiger partial charge in [-0.3, -0.25) is 5.26 Å². The minimum Gasteiger partial charge on any atom is -0.468 e. The second-order valence-electron chi connectivity index (χ2n) is 8.43. The third kappa shape index (κ3) is 5.45. The number of hydrogen-bond acceptors (Lipinski definition) is 4. The van der Waals surface area contributed by atoms with Gasteiger partial charge < -0.3 is 9.47 Å². The largest absolute Gasteiger partial charge is 0.468 e. The van der Waals surface area contributed by atoms with Crippen molar-refractivity contribution in [2.75, 3.05) is 6.79 Å². The molecule has 0 spiro atoms. The molecule has 1 aromatic carbocycles. The summed E-state index contributed by atoms with van der Waals surface area (Å²) in [6.07, 6.45) is 9.52. The Kier molecular flexibility index (Phi) is 7.35. The van der Waals surface area contributed by atoms with Gasteiger partial charge in [0.25, 0.3) is 0 Å². The van der Waals surface area contributed by atoms with Crippen LogP contribution in [-0.4, -0.2) is 18.2 Å². The van der Waals surface area contributed by atoms with E-state index in [4.69, 9.17) is 14.4 Å². The van der Waals surface area contributed by atoms with Gasteiger partial charge in [-0.05, 0) is 74.0 Å². The van der Waals surface area contributed by atoms with Gasteiger partial charge in [-0.2, -0.15) is 0 Å². The zero-order valence-electron chi connectivity index (χ0n) is 16.2. The second kappa shape index (κ2) is 9.72. The fraction of sp³-hybridized carbons (Fsp3) is 0.727. The summed E-state index contributed by atoms with van der Waals surface area (Å²) in [5.41, 5.74) is 1.02. The molecule has 0 amide bonds. The third-order valence-corrected chi connectivity index (χ3v) is 6.30. The van der Waals surface area contributed by atoms with Crippen LogP contribution in [0.15, 0.2) is 24.3 Å². The average Bonchev–Trinajstić information content (AvgIpc) is 2.67. The lowest BCUT2D eigenvalue weighted by atomic mass is 9.78. The molecule has 1 N–H and O–H groups in total. The van der Waals surface area contributed by atoms with Crippen LogP contribution in [0.5, 0.6) is 5.75 Å². The third-order valence-electron chi connectivity index (χ3n) is 6.30. The van der Waals surface area contributed by atoms with Crippen LogP contribution in [-0.2, 0) is 9.62 Å². The summed E-state index contributed by atoms with van der Waals surface area (Å²) >= 11 is 0. The molecule has 2 saturated carbocycles. The van der Waals surface area contributed by atoms with E-state index in [1.165, 1.54) is 25.7 Å². The fourth-order valence-corrected chi connectivity index (χ4v) is 4.36. The summed E-state index contributed by atoms with van der Waals surface area (Å²) in [4.78, 5) is 4.85. The van der Waals surface area contributed by atoms with E-state index in [0.717, 1.165) is 48.8 Å². The minimum absolute atomic E-state index is 0.239. The Hall–Kier alpha value is -1.10. The van der Waals surface area contributed by atoms with Crippen LogP contribution in [0.25, 0.3) is 0 Å². The standard InChI is InChI=1S/C22H34O4/c1-16-3-7-18(8-4-16)22(26-23)19-9-13-21(14-10-19)25-15-24-20-11-5-17(2)6-12-20/h9-10,13-14,16-18,20,22-23H,3-8,11-12,15H2,1-2H3. The quantitative estimate of drug-likeness (QED) is 0.368. The molecule has 0 bridgehead atoms. The highest BCUT2D eigenvalue weighted by Gasteiger charge is 2.28. The lowest BCUT2D eigenvalue weighted by molar-refractivity contribution is -0.296. The SMILES string of the molecule is CC1CCC(OCOc2ccc(C(OO)C3CCC(C)CC3)cc2)CC1. The zero-order valence-corrected chi connectivity index (χ0v) is 16.2. The molecule has 0 aromatic heterocycles. The van der Waals surface area contributed by atoms with Gasteiger partial charge in [0.1, 0.15) is 11.9 Å². The second-order valence-corrected chi connectivity index (χ2v) is 8.43. The molecular formula is C22H34O4. The number of rotatable bonds is 7. The van der Waals surface area contributed by atoms with E-state index in [9.17, 15) is 5.26 Å². The van der Waals surface area contributed by atoms with E-state index in [1.807, 2.05) is 24.3 Å². The van der Waals surface area contributed by atoms with Gasteiger partial charge in [0, 0.05) is 0 Å². The molecule has 4 nitrogen and oxygen atoms in total. The van der Waals surface area contributed by atoms with Crippen molar-refractivity contribution in [3.05, 3.63) is 29.8 Å². The van der Waals surface area contributed by atoms with E-state index in [-0.39, 0.29) is 6.10 Å². The van der Waals surface area contributed by atoms with Crippen molar-refractivity contribution in [2.24, 2.45) is 17.8 Å². The van der Waals surface area contributed by atoms with Crippen molar-refractivity contribution in [3.63, 3.8) is 0 Å². The predicted octanol–water partition coefficient (Wildman–Crippen LogP) is 5.98. The molecule has 2 aliphatic rings. The van der Waals surface area contributed by atoms with Gasteiger partial charge in [0.2, 0.25) is 0 Å². The number of ether oxygens (including phenoxy) is 2. The van der Waals surface area contributed by atoms with Crippen LogP contribution in [0.2, 0.25) is 0 Å². The molecule has 3 rings (SSSR count). The number of benzene rings is 1. The van der Waals surface area contributed by atoms with E-state index >= 15 is 0 Å². The maximum Gasteiger partial charge on any atom is 0.189 e. The fourth-order valence-electron chi connectivity index (χ4n) is 4.36. The maximum absolute atomic E-state index is 9.42. The Morgan fingerprint density at radius 1 is 0.885 bits per heavy atom. The van der Waals surface area contributed by atoms with E-state index in [0.29, 0.717) is 18.8 Å². The average molecular weight is 363 g/mol. The molecule has 2 fully saturated rings. The van der Waals surface area contributed by atoms with Gasteiger partial charge in [-0.1, -0.05) is 38.8 Å². The Balaban J connectivity index is 1.46. The van der Waals surface area contributed by atoms with Crippen molar-refractivity contribution in [1.29, 1.82) is 0 Å². The Morgan fingerprint density at radius 3 is 2.04 bits per heavy atom. The van der Waals surface area contributed by atoms with Crippen molar-refractivity contribution >= 4 is 0 Å². The maximum atomic E-state index is 9.42. The van der Waals surface area contributed by atoms with Crippen LogP contribution >= 0.6 is 0 Å². The first-order valence-electron chi connectivity index (χ1n) is 10.3. The summed E-state index contributed by atoms with van der Waals surface area (Å²) in [5.74, 6) is 2.80. The summed E-state index contributed by atoms with van der Waals surface area (Å²) in [6.45, 7) is 4.91. The molecule has 4 heteroatoms. The van der Waals surface area contributed by atoms with Gasteiger partial charge in [0.05, 0.1) is 6.10 Å². The normalized spacial score (nSPS) is 30.7. The topological polar surface area (TPSA) is 47.9 Å². The molecule has 0 saturated heterocycles. The lowest BCUT2D eigenvalue weighted by Crippen LogP contribution is -2.22. The smallest absolute Gasteiger partial charge is 0.189 e. The van der Waals surface area contributed by atoms with Gasteiger partial charge in [0.15, 0.2) is 6.79 Å². The predicted molar refractivity (Wildman–Crippen MR) is 102 cm³/mol. The van der Waals surface area contributed by atoms with Gasteiger partial charge >= 0.3 is 0 Å². The van der Waals surface area contributed by atoms with Gasteiger partial charge in [-0.25, -0.2) is 4.89 Å². The Morgan fingerprint density at radius 2 is 1.46 bits per heavy atom. The Labute approximate surface area is 157 Å². The van der Waals surface area contributed by atoms with E-state index in [1.54, 1.807) is 0 Å². The molecule has 2 aliphatic carbocycles. The molecular weight excluding hydrogens is 328 g/mol. The Bertz CT molecular complexity index is 513. The lowest BCUT2D eigenvalue weighted by Gasteiger charge is -2.31. The minimum atomic E-state index is -0.239. The van der Waals surface area contributed by atoms with E-state index < -0.39 is 0 Å². The molecule has 0 aliphatic heterocycles. The highest BCUT2D eigenvalue weighted by atomic mass is 17.1. The summed E-state index contributed by atoms with van der Waals surface area (Å²) in [6, 6.07) is 7.88. The summed E-state index contributed by atoms with van der Waals surface area (Å²) in [5, 5.41) is 9.42. The summed E-state index contributed by atoms with van der Waals surface area (Å²) < 4.78 is 11.6. The first kappa shape index (κ1) is 19.7. The highest BCUT2D eigenvalue weighted by Crippen LogP contribution is 2.38. The highest BCUT2D eigenvalue weighted by molar-refractivity contribution is 5.29. The van der Waals surface area contributed by atoms with Crippen molar-refractivity contribution in [3.8, 4) is 5.75 Å². The molecule has 26 heavy (non-hydrogen) atoms. The van der Waals surface area contributed by atoms with Gasteiger partial charge in [-0.15, -0.1) is 0 Å². The van der Waals surface area contributed by atoms with Crippen molar-refractivity contribution in [2.45, 2.75) is 77.4 Å². The molecule has 1 unspecified atom stereocenters. The first-order chi connectivity index (χ1) is 12.7. The van der Waals surface area contributed by atoms with Crippen LogP contribution in [0.3, 0.4) is 0 Å². The van der Waals surface area contributed by atoms with Crippen molar-refractivity contribution < 1.29 is 19.6 Å². The van der Waals surface area contributed by atoms with Crippen LogP contribution < -0.4 is 4.74 Å². The molecule has 0 heterocycles. The molecule has 0 radical (unpaired) electrons. The van der Waals surface area contributed by atoms with Crippen LogP contribution in [0.4, 0.5) is 0 Å². The van der Waals surface area contributed by atoms with Crippen LogP contribution in [0.1, 0.15) is 76.9 Å². The summed E-state index contributed by atoms with van der Waals surface area (Å²) in [7, 11) is 0. The first-order valence-corrected chi connectivity index (χ1v) is 10.3. The van der Waals surface area contributed by atoms with Crippen LogP contribution in [0, 0.1) is 17.8 Å². The van der Waals surface area contributed by atoms with Crippen molar-refractivity contribution in [1.82, 2.24) is 0 Å². The molecule has 146 valence electrons. The molecule has 1 atom stereocenters. The number of hydrogen-bond donors (Lipinski definition) is 1.